The van der Waals surface area contributed by atoms with Crippen LogP contribution in [0.2, 0.25) is 0 Å². The van der Waals surface area contributed by atoms with Crippen molar-refractivity contribution in [1.29, 1.82) is 0 Å². The first kappa shape index (κ1) is 16.1. The largest absolute Gasteiger partial charge is 0.319 e. The van der Waals surface area contributed by atoms with Gasteiger partial charge in [0.25, 0.3) is 5.91 Å². The Balaban J connectivity index is 2.13. The molecular formula is C15H13F2NO3S. The van der Waals surface area contributed by atoms with Gasteiger partial charge in [0.2, 0.25) is 0 Å². The van der Waals surface area contributed by atoms with Gasteiger partial charge in [0.05, 0.1) is 11.4 Å². The summed E-state index contributed by atoms with van der Waals surface area (Å²) >= 11 is 0. The number of benzene rings is 2. The van der Waals surface area contributed by atoms with E-state index >= 15 is 0 Å². The number of sulfone groups is 1. The van der Waals surface area contributed by atoms with Crippen LogP contribution < -0.4 is 5.32 Å². The standard InChI is InChI=1S/C15H13F2NO3S/c1-22(20,21)9-10-2-4-11(5-3-10)15(19)18-14-7-6-12(16)8-13(14)17/h2-8H,9H2,1H3,(H,18,19). The lowest BCUT2D eigenvalue weighted by Crippen LogP contribution is -2.13. The molecule has 0 bridgehead atoms. The molecule has 0 radical (unpaired) electrons. The Labute approximate surface area is 126 Å². The van der Waals surface area contributed by atoms with Crippen LogP contribution in [0, 0.1) is 11.6 Å². The van der Waals surface area contributed by atoms with Gasteiger partial charge in [-0.2, -0.15) is 0 Å². The molecule has 0 atom stereocenters. The van der Waals surface area contributed by atoms with E-state index in [1.807, 2.05) is 0 Å². The van der Waals surface area contributed by atoms with Crippen LogP contribution in [0.1, 0.15) is 15.9 Å². The maximum Gasteiger partial charge on any atom is 0.255 e. The minimum absolute atomic E-state index is 0.124. The van der Waals surface area contributed by atoms with Crippen LogP contribution in [0.15, 0.2) is 42.5 Å². The molecule has 0 aromatic heterocycles. The Kier molecular flexibility index (Phi) is 4.56. The second-order valence-electron chi connectivity index (χ2n) is 4.85. The molecule has 0 heterocycles. The third-order valence-corrected chi connectivity index (χ3v) is 3.68. The van der Waals surface area contributed by atoms with Crippen molar-refractivity contribution in [3.8, 4) is 0 Å². The van der Waals surface area contributed by atoms with E-state index in [4.69, 9.17) is 0 Å². The number of carbonyl (C=O) groups is 1. The van der Waals surface area contributed by atoms with E-state index in [1.54, 1.807) is 0 Å². The van der Waals surface area contributed by atoms with Crippen molar-refractivity contribution < 1.29 is 22.0 Å². The number of anilines is 1. The summed E-state index contributed by atoms with van der Waals surface area (Å²) in [6.45, 7) is 0. The Morgan fingerprint density at radius 3 is 2.27 bits per heavy atom. The number of rotatable bonds is 4. The Morgan fingerprint density at radius 1 is 1.09 bits per heavy atom. The lowest BCUT2D eigenvalue weighted by atomic mass is 10.1. The number of nitrogens with one attached hydrogen (secondary N) is 1. The van der Waals surface area contributed by atoms with Crippen LogP contribution in [0.3, 0.4) is 0 Å². The van der Waals surface area contributed by atoms with Crippen LogP contribution in [-0.4, -0.2) is 20.6 Å². The van der Waals surface area contributed by atoms with Crippen molar-refractivity contribution in [2.24, 2.45) is 0 Å². The van der Waals surface area contributed by atoms with Crippen molar-refractivity contribution in [2.45, 2.75) is 5.75 Å². The number of hydrogen-bond donors (Lipinski definition) is 1. The fraction of sp³-hybridized carbons (Fsp3) is 0.133. The minimum atomic E-state index is -3.15. The summed E-state index contributed by atoms with van der Waals surface area (Å²) in [5.41, 5.74) is 0.652. The van der Waals surface area contributed by atoms with Crippen LogP contribution in [-0.2, 0) is 15.6 Å². The molecule has 0 aliphatic rings. The topological polar surface area (TPSA) is 63.2 Å². The maximum absolute atomic E-state index is 13.5. The molecule has 0 aliphatic heterocycles. The highest BCUT2D eigenvalue weighted by Crippen LogP contribution is 2.16. The van der Waals surface area contributed by atoms with Gasteiger partial charge in [-0.25, -0.2) is 17.2 Å². The molecule has 7 heteroatoms. The Hall–Kier alpha value is -2.28. The quantitative estimate of drug-likeness (QED) is 0.940. The normalized spacial score (nSPS) is 11.2. The molecule has 1 N–H and O–H groups in total. The number of hydrogen-bond acceptors (Lipinski definition) is 3. The predicted molar refractivity (Wildman–Crippen MR) is 79.3 cm³/mol. The summed E-state index contributed by atoms with van der Waals surface area (Å²) in [6, 6.07) is 8.74. The first-order valence-corrected chi connectivity index (χ1v) is 8.34. The third kappa shape index (κ3) is 4.36. The van der Waals surface area contributed by atoms with Crippen molar-refractivity contribution in [1.82, 2.24) is 0 Å². The zero-order chi connectivity index (χ0) is 16.3. The molecule has 116 valence electrons. The van der Waals surface area contributed by atoms with Gasteiger partial charge in [-0.05, 0) is 29.8 Å². The molecule has 2 aromatic carbocycles. The summed E-state index contributed by atoms with van der Waals surface area (Å²) in [5.74, 6) is -2.30. The SMILES string of the molecule is CS(=O)(=O)Cc1ccc(C(=O)Nc2ccc(F)cc2F)cc1. The summed E-state index contributed by atoms with van der Waals surface area (Å²) in [6.07, 6.45) is 1.12. The summed E-state index contributed by atoms with van der Waals surface area (Å²) in [5, 5.41) is 2.32. The van der Waals surface area contributed by atoms with Crippen LogP contribution in [0.5, 0.6) is 0 Å². The Morgan fingerprint density at radius 2 is 1.73 bits per heavy atom. The van der Waals surface area contributed by atoms with E-state index in [9.17, 15) is 22.0 Å². The van der Waals surface area contributed by atoms with Gasteiger partial charge in [0, 0.05) is 17.9 Å². The number of halogens is 2. The summed E-state index contributed by atoms with van der Waals surface area (Å²) in [7, 11) is -3.15. The number of amides is 1. The van der Waals surface area contributed by atoms with Gasteiger partial charge in [-0.15, -0.1) is 0 Å². The molecule has 22 heavy (non-hydrogen) atoms. The molecule has 1 amide bonds. The van der Waals surface area contributed by atoms with Crippen molar-refractivity contribution in [3.05, 3.63) is 65.2 Å². The molecule has 0 saturated carbocycles. The van der Waals surface area contributed by atoms with Gasteiger partial charge in [0.15, 0.2) is 9.84 Å². The zero-order valence-corrected chi connectivity index (χ0v) is 12.5. The highest BCUT2D eigenvalue weighted by atomic mass is 32.2. The smallest absolute Gasteiger partial charge is 0.255 e. The third-order valence-electron chi connectivity index (χ3n) is 2.82. The fourth-order valence-electron chi connectivity index (χ4n) is 1.84. The molecular weight excluding hydrogens is 312 g/mol. The van der Waals surface area contributed by atoms with Crippen molar-refractivity contribution in [2.75, 3.05) is 11.6 Å². The molecule has 2 aromatic rings. The lowest BCUT2D eigenvalue weighted by molar-refractivity contribution is 0.102. The molecule has 0 aliphatic carbocycles. The monoisotopic (exact) mass is 325 g/mol. The molecule has 0 fully saturated rings. The highest BCUT2D eigenvalue weighted by molar-refractivity contribution is 7.89. The van der Waals surface area contributed by atoms with Gasteiger partial charge in [-0.3, -0.25) is 4.79 Å². The van der Waals surface area contributed by atoms with Gasteiger partial charge < -0.3 is 5.32 Å². The average Bonchev–Trinajstić information content (AvgIpc) is 2.41. The van der Waals surface area contributed by atoms with Crippen LogP contribution >= 0.6 is 0 Å². The van der Waals surface area contributed by atoms with E-state index in [-0.39, 0.29) is 17.0 Å². The van der Waals surface area contributed by atoms with E-state index < -0.39 is 27.4 Å². The van der Waals surface area contributed by atoms with Crippen LogP contribution in [0.25, 0.3) is 0 Å². The summed E-state index contributed by atoms with van der Waals surface area (Å²) in [4.78, 5) is 12.0. The molecule has 0 spiro atoms. The van der Waals surface area contributed by atoms with Crippen molar-refractivity contribution in [3.63, 3.8) is 0 Å². The fourth-order valence-corrected chi connectivity index (χ4v) is 2.64. The van der Waals surface area contributed by atoms with E-state index in [2.05, 4.69) is 5.32 Å². The molecule has 0 saturated heterocycles. The van der Waals surface area contributed by atoms with Crippen molar-refractivity contribution >= 4 is 21.4 Å². The highest BCUT2D eigenvalue weighted by Gasteiger charge is 2.11. The van der Waals surface area contributed by atoms with Gasteiger partial charge in [-0.1, -0.05) is 12.1 Å². The first-order chi connectivity index (χ1) is 10.2. The first-order valence-electron chi connectivity index (χ1n) is 6.28. The Bertz CT molecular complexity index is 802. The average molecular weight is 325 g/mol. The van der Waals surface area contributed by atoms with E-state index in [0.717, 1.165) is 18.4 Å². The molecule has 4 nitrogen and oxygen atoms in total. The van der Waals surface area contributed by atoms with Gasteiger partial charge in [0.1, 0.15) is 11.6 Å². The number of carbonyl (C=O) groups excluding carboxylic acids is 1. The predicted octanol–water partition coefficient (Wildman–Crippen LogP) is 2.76. The zero-order valence-electron chi connectivity index (χ0n) is 11.6. The second kappa shape index (κ2) is 6.23. The summed E-state index contributed by atoms with van der Waals surface area (Å²) < 4.78 is 48.6. The van der Waals surface area contributed by atoms with E-state index in [0.29, 0.717) is 11.6 Å². The molecule has 2 rings (SSSR count). The maximum atomic E-state index is 13.5. The second-order valence-corrected chi connectivity index (χ2v) is 6.99. The molecule has 0 unspecified atom stereocenters. The minimum Gasteiger partial charge on any atom is -0.319 e. The van der Waals surface area contributed by atoms with Gasteiger partial charge >= 0.3 is 0 Å². The van der Waals surface area contributed by atoms with Crippen LogP contribution in [0.4, 0.5) is 14.5 Å². The van der Waals surface area contributed by atoms with E-state index in [1.165, 1.54) is 24.3 Å². The lowest BCUT2D eigenvalue weighted by Gasteiger charge is -2.07.